The van der Waals surface area contributed by atoms with Crippen LogP contribution in [0.15, 0.2) is 0 Å². The van der Waals surface area contributed by atoms with Crippen molar-refractivity contribution in [2.45, 2.75) is 19.8 Å². The van der Waals surface area contributed by atoms with E-state index in [-0.39, 0.29) is 18.6 Å². The quantitative estimate of drug-likeness (QED) is 0.579. The van der Waals surface area contributed by atoms with Gasteiger partial charge in [0, 0.05) is 13.2 Å². The summed E-state index contributed by atoms with van der Waals surface area (Å²) >= 11 is 0. The maximum absolute atomic E-state index is 5.14. The van der Waals surface area contributed by atoms with Crippen molar-refractivity contribution in [2.24, 2.45) is 5.92 Å². The van der Waals surface area contributed by atoms with Gasteiger partial charge in [-0.05, 0) is 18.8 Å². The molecular weight excluding hydrogens is 138 g/mol. The summed E-state index contributed by atoms with van der Waals surface area (Å²) in [7, 11) is 0. The second-order valence-corrected chi connectivity index (χ2v) is 2.29. The molecule has 0 radical (unpaired) electrons. The Morgan fingerprint density at radius 3 is 1.89 bits per heavy atom. The third-order valence-corrected chi connectivity index (χ3v) is 1.51. The molecule has 1 rings (SSSR count). The highest BCUT2D eigenvalue weighted by atomic mass is 35.5. The number of hydrogen-bond acceptors (Lipinski definition) is 2. The van der Waals surface area contributed by atoms with Gasteiger partial charge in [0.15, 0.2) is 0 Å². The summed E-state index contributed by atoms with van der Waals surface area (Å²) in [6.07, 6.45) is 2.53. The molecule has 0 aromatic heterocycles. The van der Waals surface area contributed by atoms with E-state index in [1.54, 1.807) is 0 Å². The molecule has 0 bridgehead atoms. The average molecular weight is 154 g/mol. The van der Waals surface area contributed by atoms with E-state index in [9.17, 15) is 0 Å². The molecular formula is C6H16ClNO. The zero-order chi connectivity index (χ0) is 5.11. The molecule has 3 N–H and O–H groups in total. The van der Waals surface area contributed by atoms with Crippen molar-refractivity contribution in [1.29, 1.82) is 0 Å². The van der Waals surface area contributed by atoms with Crippen molar-refractivity contribution in [3.63, 3.8) is 0 Å². The molecule has 1 fully saturated rings. The molecule has 58 valence electrons. The topological polar surface area (TPSA) is 44.2 Å². The first kappa shape index (κ1) is 11.9. The summed E-state index contributed by atoms with van der Waals surface area (Å²) in [5.41, 5.74) is 0. The van der Waals surface area contributed by atoms with Crippen molar-refractivity contribution in [2.75, 3.05) is 13.2 Å². The van der Waals surface area contributed by atoms with Crippen LogP contribution in [-0.4, -0.2) is 13.2 Å². The number of hydrogen-bond donors (Lipinski definition) is 1. The van der Waals surface area contributed by atoms with E-state index in [2.05, 4.69) is 6.92 Å². The lowest BCUT2D eigenvalue weighted by Gasteiger charge is -2.16. The highest BCUT2D eigenvalue weighted by Gasteiger charge is 2.06. The highest BCUT2D eigenvalue weighted by molar-refractivity contribution is 5.85. The molecule has 3 heteroatoms. The zero-order valence-corrected chi connectivity index (χ0v) is 6.75. The smallest absolute Gasteiger partial charge is 0.0468 e. The van der Waals surface area contributed by atoms with Gasteiger partial charge in [0.25, 0.3) is 0 Å². The van der Waals surface area contributed by atoms with E-state index < -0.39 is 0 Å². The normalized spacial score (nSPS) is 19.7. The number of ether oxygens (including phenoxy) is 1. The van der Waals surface area contributed by atoms with Crippen LogP contribution < -0.4 is 6.15 Å². The molecule has 0 spiro atoms. The molecule has 0 amide bonds. The van der Waals surface area contributed by atoms with Crippen LogP contribution >= 0.6 is 12.4 Å². The average Bonchev–Trinajstić information content (AvgIpc) is 1.69. The van der Waals surface area contributed by atoms with E-state index in [4.69, 9.17) is 4.74 Å². The predicted molar refractivity (Wildman–Crippen MR) is 41.5 cm³/mol. The first-order chi connectivity index (χ1) is 3.39. The molecule has 1 heterocycles. The fourth-order valence-corrected chi connectivity index (χ4v) is 0.815. The van der Waals surface area contributed by atoms with Gasteiger partial charge in [0.1, 0.15) is 0 Å². The van der Waals surface area contributed by atoms with E-state index in [0.717, 1.165) is 19.1 Å². The Kier molecular flexibility index (Phi) is 8.40. The third-order valence-electron chi connectivity index (χ3n) is 1.51. The van der Waals surface area contributed by atoms with Gasteiger partial charge in [0.05, 0.1) is 0 Å². The SMILES string of the molecule is CC1CCOCC1.Cl.N. The summed E-state index contributed by atoms with van der Waals surface area (Å²) < 4.78 is 5.14. The van der Waals surface area contributed by atoms with Gasteiger partial charge in [-0.2, -0.15) is 0 Å². The Bertz CT molecular complexity index is 55.0. The Hall–Kier alpha value is 0.210. The lowest BCUT2D eigenvalue weighted by molar-refractivity contribution is 0.0716. The largest absolute Gasteiger partial charge is 0.381 e. The molecule has 1 saturated heterocycles. The van der Waals surface area contributed by atoms with Crippen LogP contribution in [0.3, 0.4) is 0 Å². The van der Waals surface area contributed by atoms with Crippen molar-refractivity contribution in [3.8, 4) is 0 Å². The predicted octanol–water partition coefficient (Wildman–Crippen LogP) is 2.02. The Morgan fingerprint density at radius 2 is 1.67 bits per heavy atom. The van der Waals surface area contributed by atoms with E-state index >= 15 is 0 Å². The van der Waals surface area contributed by atoms with Gasteiger partial charge >= 0.3 is 0 Å². The van der Waals surface area contributed by atoms with Crippen molar-refractivity contribution < 1.29 is 4.74 Å². The second-order valence-electron chi connectivity index (χ2n) is 2.29. The monoisotopic (exact) mass is 153 g/mol. The van der Waals surface area contributed by atoms with Crippen LogP contribution in [0, 0.1) is 5.92 Å². The minimum Gasteiger partial charge on any atom is -0.381 e. The molecule has 9 heavy (non-hydrogen) atoms. The summed E-state index contributed by atoms with van der Waals surface area (Å²) in [6.45, 7) is 4.25. The third kappa shape index (κ3) is 4.70. The molecule has 0 aromatic carbocycles. The molecule has 1 aliphatic heterocycles. The van der Waals surface area contributed by atoms with Crippen molar-refractivity contribution >= 4 is 12.4 Å². The van der Waals surface area contributed by atoms with E-state index in [1.165, 1.54) is 12.8 Å². The molecule has 1 aliphatic rings. The molecule has 0 aromatic rings. The van der Waals surface area contributed by atoms with Crippen LogP contribution in [-0.2, 0) is 4.74 Å². The summed E-state index contributed by atoms with van der Waals surface area (Å²) in [6, 6.07) is 0. The van der Waals surface area contributed by atoms with Gasteiger partial charge in [-0.3, -0.25) is 0 Å². The van der Waals surface area contributed by atoms with Gasteiger partial charge in [-0.25, -0.2) is 0 Å². The van der Waals surface area contributed by atoms with Crippen LogP contribution in [0.4, 0.5) is 0 Å². The van der Waals surface area contributed by atoms with Gasteiger partial charge in [-0.1, -0.05) is 6.92 Å². The minimum absolute atomic E-state index is 0. The molecule has 0 unspecified atom stereocenters. The van der Waals surface area contributed by atoms with E-state index in [0.29, 0.717) is 0 Å². The van der Waals surface area contributed by atoms with Gasteiger partial charge in [0.2, 0.25) is 0 Å². The fraction of sp³-hybridized carbons (Fsp3) is 1.00. The summed E-state index contributed by atoms with van der Waals surface area (Å²) in [4.78, 5) is 0. The Morgan fingerprint density at radius 1 is 1.22 bits per heavy atom. The zero-order valence-electron chi connectivity index (χ0n) is 5.93. The first-order valence-electron chi connectivity index (χ1n) is 2.97. The first-order valence-corrected chi connectivity index (χ1v) is 2.97. The maximum atomic E-state index is 5.14. The number of rotatable bonds is 0. The van der Waals surface area contributed by atoms with Gasteiger partial charge < -0.3 is 10.9 Å². The lowest BCUT2D eigenvalue weighted by atomic mass is 10.0. The summed E-state index contributed by atoms with van der Waals surface area (Å²) in [5, 5.41) is 0. The minimum atomic E-state index is 0. The molecule has 0 aliphatic carbocycles. The van der Waals surface area contributed by atoms with Gasteiger partial charge in [-0.15, -0.1) is 12.4 Å². The van der Waals surface area contributed by atoms with Crippen LogP contribution in [0.2, 0.25) is 0 Å². The maximum Gasteiger partial charge on any atom is 0.0468 e. The molecule has 0 saturated carbocycles. The van der Waals surface area contributed by atoms with E-state index in [1.807, 2.05) is 0 Å². The van der Waals surface area contributed by atoms with Crippen LogP contribution in [0.5, 0.6) is 0 Å². The Balaban J connectivity index is 0. The standard InChI is InChI=1S/C6H12O.ClH.H3N/c1-6-2-4-7-5-3-6;;/h6H,2-5H2,1H3;1H;1H3. The summed E-state index contributed by atoms with van der Waals surface area (Å²) in [5.74, 6) is 0.911. The van der Waals surface area contributed by atoms with Crippen molar-refractivity contribution in [1.82, 2.24) is 6.15 Å². The molecule has 0 atom stereocenters. The van der Waals surface area contributed by atoms with Crippen molar-refractivity contribution in [3.05, 3.63) is 0 Å². The lowest BCUT2D eigenvalue weighted by Crippen LogP contribution is -2.12. The van der Waals surface area contributed by atoms with Crippen LogP contribution in [0.25, 0.3) is 0 Å². The molecule has 2 nitrogen and oxygen atoms in total. The Labute approximate surface area is 63.0 Å². The number of halogens is 1. The highest BCUT2D eigenvalue weighted by Crippen LogP contribution is 2.11. The van der Waals surface area contributed by atoms with Crippen LogP contribution in [0.1, 0.15) is 19.8 Å². The second kappa shape index (κ2) is 6.33. The fourth-order valence-electron chi connectivity index (χ4n) is 0.815.